The van der Waals surface area contributed by atoms with Crippen molar-refractivity contribution in [3.8, 4) is 0 Å². The van der Waals surface area contributed by atoms with Crippen LogP contribution in [0.15, 0.2) is 42.7 Å². The maximum Gasteiger partial charge on any atom is 0.325 e. The molecule has 3 heterocycles. The number of hydrogen-bond donors (Lipinski definition) is 1. The quantitative estimate of drug-likeness (QED) is 0.610. The number of imidazole rings is 1. The van der Waals surface area contributed by atoms with Gasteiger partial charge in [-0.3, -0.25) is 14.0 Å². The van der Waals surface area contributed by atoms with Gasteiger partial charge in [0.05, 0.1) is 24.5 Å². The monoisotopic (exact) mass is 428 g/mol. The second kappa shape index (κ2) is 8.71. The number of carbonyl (C=O) groups excluding carboxylic acids is 2. The molecule has 2 aromatic heterocycles. The molecule has 1 atom stereocenters. The molecule has 31 heavy (non-hydrogen) atoms. The molecule has 0 bridgehead atoms. The molecular weight excluding hydrogens is 406 g/mol. The van der Waals surface area contributed by atoms with Gasteiger partial charge in [0.15, 0.2) is 0 Å². The number of rotatable bonds is 6. The Balaban J connectivity index is 1.61. The molecule has 1 fully saturated rings. The smallest absolute Gasteiger partial charge is 0.325 e. The third-order valence-electron chi connectivity index (χ3n) is 5.32. The van der Waals surface area contributed by atoms with Crippen LogP contribution in [0.5, 0.6) is 0 Å². The van der Waals surface area contributed by atoms with Gasteiger partial charge in [-0.25, -0.2) is 13.8 Å². The van der Waals surface area contributed by atoms with Crippen molar-refractivity contribution in [1.29, 1.82) is 0 Å². The van der Waals surface area contributed by atoms with Crippen molar-refractivity contribution in [3.05, 3.63) is 65.6 Å². The first-order chi connectivity index (χ1) is 15.0. The minimum Gasteiger partial charge on any atom is -0.465 e. The van der Waals surface area contributed by atoms with Crippen molar-refractivity contribution < 1.29 is 23.1 Å². The van der Waals surface area contributed by atoms with E-state index >= 15 is 0 Å². The zero-order valence-electron chi connectivity index (χ0n) is 17.0. The third kappa shape index (κ3) is 4.21. The number of nitrogens with zero attached hydrogens (tertiary/aromatic N) is 3. The Hall–Kier alpha value is -3.49. The first-order valence-corrected chi connectivity index (χ1v) is 10.1. The number of amides is 1. The molecule has 162 valence electrons. The van der Waals surface area contributed by atoms with Gasteiger partial charge in [-0.05, 0) is 50.1 Å². The lowest BCUT2D eigenvalue weighted by Crippen LogP contribution is -2.31. The van der Waals surface area contributed by atoms with Crippen LogP contribution in [0.2, 0.25) is 0 Å². The Bertz CT molecular complexity index is 1130. The van der Waals surface area contributed by atoms with E-state index in [-0.39, 0.29) is 24.9 Å². The van der Waals surface area contributed by atoms with Crippen LogP contribution < -0.4 is 10.2 Å². The van der Waals surface area contributed by atoms with Gasteiger partial charge in [-0.2, -0.15) is 0 Å². The van der Waals surface area contributed by atoms with Crippen molar-refractivity contribution in [2.75, 3.05) is 24.6 Å². The minimum absolute atomic E-state index is 0.233. The summed E-state index contributed by atoms with van der Waals surface area (Å²) < 4.78 is 34.6. The number of benzene rings is 1. The summed E-state index contributed by atoms with van der Waals surface area (Å²) in [7, 11) is 0. The maximum absolute atomic E-state index is 14.4. The molecule has 1 N–H and O–H groups in total. The zero-order chi connectivity index (χ0) is 22.0. The molecule has 0 radical (unpaired) electrons. The van der Waals surface area contributed by atoms with Crippen LogP contribution in [-0.2, 0) is 9.53 Å². The van der Waals surface area contributed by atoms with E-state index in [2.05, 4.69) is 10.3 Å². The molecule has 4 rings (SSSR count). The third-order valence-corrected chi connectivity index (χ3v) is 5.32. The van der Waals surface area contributed by atoms with Crippen LogP contribution in [0, 0.1) is 11.6 Å². The van der Waals surface area contributed by atoms with Crippen LogP contribution in [0.3, 0.4) is 0 Å². The highest BCUT2D eigenvalue weighted by Crippen LogP contribution is 2.37. The molecule has 0 saturated carbocycles. The van der Waals surface area contributed by atoms with Crippen LogP contribution >= 0.6 is 0 Å². The van der Waals surface area contributed by atoms with Crippen LogP contribution in [-0.4, -0.2) is 41.0 Å². The summed E-state index contributed by atoms with van der Waals surface area (Å²) >= 11 is 0. The topological polar surface area (TPSA) is 75.9 Å². The molecule has 9 heteroatoms. The van der Waals surface area contributed by atoms with Crippen molar-refractivity contribution in [1.82, 2.24) is 14.7 Å². The molecule has 0 spiro atoms. The molecule has 7 nitrogen and oxygen atoms in total. The van der Waals surface area contributed by atoms with Gasteiger partial charge >= 0.3 is 5.97 Å². The molecule has 1 saturated heterocycles. The predicted octanol–water partition coefficient (Wildman–Crippen LogP) is 3.25. The number of nitrogens with one attached hydrogen (secondary N) is 1. The standard InChI is InChI=1S/C22H22F2N4O3/c1-2-31-21(29)12-26-22(30)19-11-25-20-8-6-15(13-28(19)20)27-9-3-4-18(27)16-10-14(23)5-7-17(16)24/h5-8,10-11,13,18H,2-4,9,12H2,1H3,(H,26,30)/t18-/m0/s1. The highest BCUT2D eigenvalue weighted by atomic mass is 19.1. The van der Waals surface area contributed by atoms with E-state index < -0.39 is 23.5 Å². The summed E-state index contributed by atoms with van der Waals surface area (Å²) in [6, 6.07) is 6.79. The molecule has 3 aromatic rings. The Kier molecular flexibility index (Phi) is 5.83. The molecule has 1 aliphatic rings. The summed E-state index contributed by atoms with van der Waals surface area (Å²) in [6.45, 7) is 2.35. The number of hydrogen-bond acceptors (Lipinski definition) is 5. The minimum atomic E-state index is -0.526. The van der Waals surface area contributed by atoms with E-state index in [1.807, 2.05) is 11.0 Å². The van der Waals surface area contributed by atoms with Gasteiger partial charge in [-0.1, -0.05) is 0 Å². The molecule has 0 unspecified atom stereocenters. The average molecular weight is 428 g/mol. The largest absolute Gasteiger partial charge is 0.465 e. The Labute approximate surface area is 177 Å². The lowest BCUT2D eigenvalue weighted by atomic mass is 10.0. The van der Waals surface area contributed by atoms with Crippen molar-refractivity contribution in [2.24, 2.45) is 0 Å². The van der Waals surface area contributed by atoms with Gasteiger partial charge < -0.3 is 15.0 Å². The average Bonchev–Trinajstić information content (AvgIpc) is 3.40. The first-order valence-electron chi connectivity index (χ1n) is 10.1. The summed E-state index contributed by atoms with van der Waals surface area (Å²) in [5.41, 5.74) is 1.89. The van der Waals surface area contributed by atoms with Crippen LogP contribution in [0.4, 0.5) is 14.5 Å². The highest BCUT2D eigenvalue weighted by Gasteiger charge is 2.29. The number of aromatic nitrogens is 2. The maximum atomic E-state index is 14.4. The Morgan fingerprint density at radius 1 is 1.26 bits per heavy atom. The number of halogens is 2. The summed E-state index contributed by atoms with van der Waals surface area (Å²) in [6.07, 6.45) is 4.69. The number of pyridine rings is 1. The summed E-state index contributed by atoms with van der Waals surface area (Å²) in [4.78, 5) is 30.3. The Morgan fingerprint density at radius 2 is 2.10 bits per heavy atom. The zero-order valence-corrected chi connectivity index (χ0v) is 17.0. The van der Waals surface area contributed by atoms with Crippen molar-refractivity contribution in [3.63, 3.8) is 0 Å². The lowest BCUT2D eigenvalue weighted by Gasteiger charge is -2.27. The second-order valence-corrected chi connectivity index (χ2v) is 7.26. The summed E-state index contributed by atoms with van der Waals surface area (Å²) in [5.74, 6) is -1.91. The van der Waals surface area contributed by atoms with E-state index in [1.165, 1.54) is 12.3 Å². The predicted molar refractivity (Wildman–Crippen MR) is 110 cm³/mol. The van der Waals surface area contributed by atoms with E-state index in [0.717, 1.165) is 24.2 Å². The fourth-order valence-electron chi connectivity index (χ4n) is 3.93. The van der Waals surface area contributed by atoms with E-state index in [4.69, 9.17) is 4.74 Å². The van der Waals surface area contributed by atoms with Crippen LogP contribution in [0.1, 0.15) is 41.9 Å². The number of carbonyl (C=O) groups is 2. The Morgan fingerprint density at radius 3 is 2.90 bits per heavy atom. The fraction of sp³-hybridized carbons (Fsp3) is 0.318. The van der Waals surface area contributed by atoms with Gasteiger partial charge in [0, 0.05) is 18.3 Å². The van der Waals surface area contributed by atoms with E-state index in [9.17, 15) is 18.4 Å². The van der Waals surface area contributed by atoms with Crippen LogP contribution in [0.25, 0.3) is 5.65 Å². The fourth-order valence-corrected chi connectivity index (χ4v) is 3.93. The van der Waals surface area contributed by atoms with Gasteiger partial charge in [0.25, 0.3) is 5.91 Å². The second-order valence-electron chi connectivity index (χ2n) is 7.26. The number of esters is 1. The van der Waals surface area contributed by atoms with E-state index in [1.54, 1.807) is 23.6 Å². The lowest BCUT2D eigenvalue weighted by molar-refractivity contribution is -0.141. The number of ether oxygens (including phenoxy) is 1. The molecule has 1 amide bonds. The molecule has 0 aliphatic carbocycles. The molecule has 1 aliphatic heterocycles. The molecule has 1 aromatic carbocycles. The van der Waals surface area contributed by atoms with Gasteiger partial charge in [0.2, 0.25) is 0 Å². The number of fused-ring (bicyclic) bond motifs is 1. The van der Waals surface area contributed by atoms with Crippen molar-refractivity contribution >= 4 is 23.2 Å². The van der Waals surface area contributed by atoms with Gasteiger partial charge in [-0.15, -0.1) is 0 Å². The highest BCUT2D eigenvalue weighted by molar-refractivity contribution is 5.95. The van der Waals surface area contributed by atoms with Crippen molar-refractivity contribution in [2.45, 2.75) is 25.8 Å². The SMILES string of the molecule is CCOC(=O)CNC(=O)c1cnc2ccc(N3CCC[C@H]3c3cc(F)ccc3F)cn12. The molecular formula is C22H22F2N4O3. The normalized spacial score (nSPS) is 16.0. The van der Waals surface area contributed by atoms with E-state index in [0.29, 0.717) is 24.2 Å². The summed E-state index contributed by atoms with van der Waals surface area (Å²) in [5, 5.41) is 2.52. The first kappa shape index (κ1) is 20.8. The number of anilines is 1. The van der Waals surface area contributed by atoms with Gasteiger partial charge in [0.1, 0.15) is 29.5 Å².